The number of nitrogens with zero attached hydrogens (tertiary/aromatic N) is 6. The van der Waals surface area contributed by atoms with Crippen LogP contribution in [-0.2, 0) is 12.0 Å². The number of benzene rings is 1. The summed E-state index contributed by atoms with van der Waals surface area (Å²) >= 11 is 0. The monoisotopic (exact) mass is 405 g/mol. The zero-order chi connectivity index (χ0) is 21.5. The van der Waals surface area contributed by atoms with Crippen molar-refractivity contribution in [2.24, 2.45) is 0 Å². The lowest BCUT2D eigenvalue weighted by molar-refractivity contribution is -0.627. The van der Waals surface area contributed by atoms with E-state index in [1.54, 1.807) is 29.1 Å². The lowest BCUT2D eigenvalue weighted by Gasteiger charge is -2.21. The van der Waals surface area contributed by atoms with Gasteiger partial charge >= 0.3 is 0 Å². The molecule has 0 bridgehead atoms. The maximum Gasteiger partial charge on any atom is 0.221 e. The first kappa shape index (κ1) is 19.7. The van der Waals surface area contributed by atoms with Crippen LogP contribution in [0.1, 0.15) is 30.8 Å². The predicted molar refractivity (Wildman–Crippen MR) is 112 cm³/mol. The molecule has 0 spiro atoms. The molecule has 0 saturated heterocycles. The molecule has 9 nitrogen and oxygen atoms in total. The molecule has 4 aromatic rings. The largest absolute Gasteiger partial charge is 0.618 e. The fraction of sp³-hybridized carbons (Fsp3) is 0.286. The Hall–Kier alpha value is -3.59. The van der Waals surface area contributed by atoms with E-state index in [9.17, 15) is 10.3 Å². The van der Waals surface area contributed by atoms with Crippen molar-refractivity contribution in [1.82, 2.24) is 25.0 Å². The molecule has 0 aliphatic carbocycles. The number of fused-ring (bicyclic) bond motifs is 1. The van der Waals surface area contributed by atoms with Gasteiger partial charge in [-0.05, 0) is 32.4 Å². The Morgan fingerprint density at radius 2 is 1.93 bits per heavy atom. The fourth-order valence-electron chi connectivity index (χ4n) is 3.40. The van der Waals surface area contributed by atoms with E-state index in [2.05, 4.69) is 20.3 Å². The third-order valence-corrected chi connectivity index (χ3v) is 5.16. The number of aryl methyl sites for hydroxylation is 1. The van der Waals surface area contributed by atoms with E-state index in [4.69, 9.17) is 5.73 Å². The van der Waals surface area contributed by atoms with Gasteiger partial charge in [-0.1, -0.05) is 23.4 Å². The first-order valence-electron chi connectivity index (χ1n) is 9.56. The van der Waals surface area contributed by atoms with Crippen LogP contribution in [0.4, 0.5) is 5.95 Å². The number of hydrogen-bond acceptors (Lipinski definition) is 7. The Bertz CT molecular complexity index is 1230. The second-order valence-electron chi connectivity index (χ2n) is 7.94. The summed E-state index contributed by atoms with van der Waals surface area (Å²) in [7, 11) is 0. The Morgan fingerprint density at radius 1 is 1.17 bits per heavy atom. The minimum atomic E-state index is -0.652. The molecule has 3 heterocycles. The Labute approximate surface area is 173 Å². The molecular formula is C21H23N7O2. The van der Waals surface area contributed by atoms with Crippen molar-refractivity contribution in [2.45, 2.75) is 32.7 Å². The second kappa shape index (κ2) is 7.34. The van der Waals surface area contributed by atoms with Crippen molar-refractivity contribution < 1.29 is 9.84 Å². The summed E-state index contributed by atoms with van der Waals surface area (Å²) in [5.41, 5.74) is 9.15. The standard InChI is InChI=1S/C21H23N7O2/c1-13-6-4-8-15-18(13)23-20(22)24-19(15)16-11-27(26-25-16)10-14-7-5-9-17(28(14)30)21(2,3)12-29/h4-9,11,29H,10,12H2,1-3H3,(H2,22,23,24). The average molecular weight is 405 g/mol. The molecule has 154 valence electrons. The SMILES string of the molecule is Cc1cccc2c(-c3cn(Cc4cccc(C(C)(C)CO)[n+]4[O-])nn3)nc(N)nc12. The van der Waals surface area contributed by atoms with Gasteiger partial charge in [0.1, 0.15) is 17.9 Å². The van der Waals surface area contributed by atoms with Crippen molar-refractivity contribution in [3.63, 3.8) is 0 Å². The molecule has 9 heteroatoms. The van der Waals surface area contributed by atoms with Crippen LogP contribution >= 0.6 is 0 Å². The van der Waals surface area contributed by atoms with Crippen molar-refractivity contribution in [3.05, 3.63) is 64.8 Å². The number of para-hydroxylation sites is 1. The van der Waals surface area contributed by atoms with Gasteiger partial charge in [0.15, 0.2) is 0 Å². The van der Waals surface area contributed by atoms with E-state index >= 15 is 0 Å². The third kappa shape index (κ3) is 3.43. The highest BCUT2D eigenvalue weighted by Crippen LogP contribution is 2.27. The minimum Gasteiger partial charge on any atom is -0.618 e. The van der Waals surface area contributed by atoms with Crippen LogP contribution in [0, 0.1) is 12.1 Å². The van der Waals surface area contributed by atoms with Crippen LogP contribution in [0.15, 0.2) is 42.6 Å². The van der Waals surface area contributed by atoms with Gasteiger partial charge in [-0.25, -0.2) is 14.6 Å². The van der Waals surface area contributed by atoms with E-state index in [0.29, 0.717) is 22.8 Å². The molecule has 0 fully saturated rings. The summed E-state index contributed by atoms with van der Waals surface area (Å²) in [4.78, 5) is 8.70. The quantitative estimate of drug-likeness (QED) is 0.382. The van der Waals surface area contributed by atoms with Crippen LogP contribution < -0.4 is 10.5 Å². The summed E-state index contributed by atoms with van der Waals surface area (Å²) < 4.78 is 2.42. The summed E-state index contributed by atoms with van der Waals surface area (Å²) in [5.74, 6) is 0.165. The molecular weight excluding hydrogens is 382 g/mol. The molecule has 4 rings (SSSR count). The minimum absolute atomic E-state index is 0.131. The molecule has 0 aliphatic rings. The predicted octanol–water partition coefficient (Wildman–Crippen LogP) is 1.73. The summed E-state index contributed by atoms with van der Waals surface area (Å²) in [5, 5.41) is 31.7. The fourth-order valence-corrected chi connectivity index (χ4v) is 3.40. The zero-order valence-corrected chi connectivity index (χ0v) is 17.1. The Kier molecular flexibility index (Phi) is 4.83. The number of nitrogen functional groups attached to an aromatic ring is 1. The number of pyridine rings is 1. The van der Waals surface area contributed by atoms with Gasteiger partial charge in [0, 0.05) is 17.5 Å². The first-order chi connectivity index (χ1) is 14.3. The normalized spacial score (nSPS) is 11.9. The van der Waals surface area contributed by atoms with E-state index < -0.39 is 5.41 Å². The van der Waals surface area contributed by atoms with Gasteiger partial charge < -0.3 is 16.0 Å². The maximum atomic E-state index is 12.8. The summed E-state index contributed by atoms with van der Waals surface area (Å²) in [6, 6.07) is 11.1. The van der Waals surface area contributed by atoms with Crippen LogP contribution in [0.25, 0.3) is 22.3 Å². The maximum absolute atomic E-state index is 12.8. The summed E-state index contributed by atoms with van der Waals surface area (Å²) in [6.07, 6.45) is 1.73. The van der Waals surface area contributed by atoms with Crippen LogP contribution in [0.5, 0.6) is 0 Å². The van der Waals surface area contributed by atoms with Gasteiger partial charge in [-0.2, -0.15) is 4.73 Å². The number of aliphatic hydroxyl groups is 1. The van der Waals surface area contributed by atoms with E-state index in [-0.39, 0.29) is 19.1 Å². The van der Waals surface area contributed by atoms with E-state index in [1.807, 2.05) is 39.0 Å². The number of anilines is 1. The Morgan fingerprint density at radius 3 is 2.70 bits per heavy atom. The molecule has 0 atom stereocenters. The lowest BCUT2D eigenvalue weighted by Crippen LogP contribution is -2.44. The smallest absolute Gasteiger partial charge is 0.221 e. The Balaban J connectivity index is 1.71. The zero-order valence-electron chi connectivity index (χ0n) is 17.1. The molecule has 0 saturated carbocycles. The lowest BCUT2D eigenvalue weighted by atomic mass is 9.90. The van der Waals surface area contributed by atoms with Crippen LogP contribution in [0.2, 0.25) is 0 Å². The highest BCUT2D eigenvalue weighted by molar-refractivity contribution is 5.93. The number of nitrogens with two attached hydrogens (primary N) is 1. The van der Waals surface area contributed by atoms with Crippen molar-refractivity contribution in [2.75, 3.05) is 12.3 Å². The molecule has 0 unspecified atom stereocenters. The molecule has 0 amide bonds. The number of rotatable bonds is 5. The molecule has 1 aromatic carbocycles. The van der Waals surface area contributed by atoms with Gasteiger partial charge in [-0.15, -0.1) is 5.10 Å². The van der Waals surface area contributed by atoms with Gasteiger partial charge in [0.05, 0.1) is 23.7 Å². The second-order valence-corrected chi connectivity index (χ2v) is 7.94. The number of aliphatic hydroxyl groups excluding tert-OH is 1. The number of aromatic nitrogens is 6. The molecule has 0 radical (unpaired) electrons. The van der Waals surface area contributed by atoms with Crippen molar-refractivity contribution in [3.8, 4) is 11.4 Å². The van der Waals surface area contributed by atoms with Crippen molar-refractivity contribution >= 4 is 16.9 Å². The van der Waals surface area contributed by atoms with Crippen molar-refractivity contribution in [1.29, 1.82) is 0 Å². The topological polar surface area (TPSA) is 130 Å². The molecule has 3 aromatic heterocycles. The molecule has 30 heavy (non-hydrogen) atoms. The van der Waals surface area contributed by atoms with E-state index in [0.717, 1.165) is 21.2 Å². The van der Waals surface area contributed by atoms with E-state index in [1.165, 1.54) is 0 Å². The molecule has 0 aliphatic heterocycles. The average Bonchev–Trinajstić information content (AvgIpc) is 3.18. The number of hydrogen-bond donors (Lipinski definition) is 2. The molecule has 3 N–H and O–H groups in total. The highest BCUT2D eigenvalue weighted by Gasteiger charge is 2.29. The van der Waals surface area contributed by atoms with Gasteiger partial charge in [0.2, 0.25) is 17.3 Å². The first-order valence-corrected chi connectivity index (χ1v) is 9.56. The van der Waals surface area contributed by atoms with Gasteiger partial charge in [-0.3, -0.25) is 0 Å². The van der Waals surface area contributed by atoms with Crippen LogP contribution in [0.3, 0.4) is 0 Å². The van der Waals surface area contributed by atoms with Gasteiger partial charge in [0.25, 0.3) is 0 Å². The highest BCUT2D eigenvalue weighted by atomic mass is 16.5. The van der Waals surface area contributed by atoms with Crippen LogP contribution in [-0.4, -0.2) is 36.7 Å². The third-order valence-electron chi connectivity index (χ3n) is 5.16. The summed E-state index contributed by atoms with van der Waals surface area (Å²) in [6.45, 7) is 5.70.